The molecule has 0 spiro atoms. The number of anilines is 1. The van der Waals surface area contributed by atoms with Crippen molar-refractivity contribution in [3.05, 3.63) is 70.1 Å². The normalized spacial score (nSPS) is 10.7. The summed E-state index contributed by atoms with van der Waals surface area (Å²) in [4.78, 5) is 37.4. The standard InChI is InChI=1S/C23H26N4O3/c1-3-4-5-8-15-27-23(30)19-10-7-6-9-18(19)20(26-27)22(29)25-17-13-11-16(12-14-17)21(28)24-2/h6-7,9-14H,3-5,8,15H2,1-2H3,(H,24,28)(H,25,29). The SMILES string of the molecule is CCCCCCn1nc(C(=O)Nc2ccc(C(=O)NC)cc2)c2ccccc2c1=O. The fourth-order valence-electron chi connectivity index (χ4n) is 3.28. The molecule has 0 radical (unpaired) electrons. The number of fused-ring (bicyclic) bond motifs is 1. The minimum Gasteiger partial charge on any atom is -0.355 e. The van der Waals surface area contributed by atoms with Gasteiger partial charge in [-0.2, -0.15) is 5.10 Å². The number of nitrogens with one attached hydrogen (secondary N) is 2. The van der Waals surface area contributed by atoms with Crippen molar-refractivity contribution in [1.29, 1.82) is 0 Å². The maximum absolute atomic E-state index is 13.0. The Balaban J connectivity index is 1.89. The third kappa shape index (κ3) is 4.74. The summed E-state index contributed by atoms with van der Waals surface area (Å²) in [5.41, 5.74) is 1.06. The molecule has 0 fully saturated rings. The molecule has 3 aromatic rings. The molecule has 30 heavy (non-hydrogen) atoms. The number of benzene rings is 2. The lowest BCUT2D eigenvalue weighted by Gasteiger charge is -2.11. The number of aryl methyl sites for hydroxylation is 1. The van der Waals surface area contributed by atoms with Crippen LogP contribution in [-0.4, -0.2) is 28.6 Å². The number of carbonyl (C=O) groups excluding carboxylic acids is 2. The van der Waals surface area contributed by atoms with E-state index in [1.165, 1.54) is 4.68 Å². The summed E-state index contributed by atoms with van der Waals surface area (Å²) in [6.07, 6.45) is 4.05. The summed E-state index contributed by atoms with van der Waals surface area (Å²) in [6.45, 7) is 2.61. The van der Waals surface area contributed by atoms with Crippen LogP contribution in [0.3, 0.4) is 0 Å². The molecule has 0 bridgehead atoms. The monoisotopic (exact) mass is 406 g/mol. The molecular formula is C23H26N4O3. The summed E-state index contributed by atoms with van der Waals surface area (Å²) in [6, 6.07) is 13.6. The van der Waals surface area contributed by atoms with Crippen molar-refractivity contribution in [2.45, 2.75) is 39.2 Å². The predicted octanol–water partition coefficient (Wildman–Crippen LogP) is 3.59. The van der Waals surface area contributed by atoms with Crippen molar-refractivity contribution < 1.29 is 9.59 Å². The van der Waals surface area contributed by atoms with Gasteiger partial charge in [-0.15, -0.1) is 0 Å². The second-order valence-corrected chi connectivity index (χ2v) is 7.09. The van der Waals surface area contributed by atoms with Gasteiger partial charge in [0.1, 0.15) is 0 Å². The van der Waals surface area contributed by atoms with E-state index in [4.69, 9.17) is 0 Å². The molecule has 0 aliphatic heterocycles. The molecule has 7 heteroatoms. The Morgan fingerprint density at radius 2 is 1.63 bits per heavy atom. The number of nitrogens with zero attached hydrogens (tertiary/aromatic N) is 2. The second-order valence-electron chi connectivity index (χ2n) is 7.09. The van der Waals surface area contributed by atoms with Gasteiger partial charge in [0.2, 0.25) is 0 Å². The van der Waals surface area contributed by atoms with Crippen LogP contribution >= 0.6 is 0 Å². The van der Waals surface area contributed by atoms with E-state index < -0.39 is 5.91 Å². The predicted molar refractivity (Wildman–Crippen MR) is 118 cm³/mol. The second kappa shape index (κ2) is 9.82. The minimum absolute atomic E-state index is 0.187. The highest BCUT2D eigenvalue weighted by Crippen LogP contribution is 2.16. The van der Waals surface area contributed by atoms with E-state index >= 15 is 0 Å². The molecule has 0 aliphatic rings. The number of unbranched alkanes of at least 4 members (excludes halogenated alkanes) is 3. The van der Waals surface area contributed by atoms with Gasteiger partial charge in [0.25, 0.3) is 17.4 Å². The van der Waals surface area contributed by atoms with Crippen molar-refractivity contribution in [2.75, 3.05) is 12.4 Å². The van der Waals surface area contributed by atoms with Crippen LogP contribution in [0.25, 0.3) is 10.8 Å². The fraction of sp³-hybridized carbons (Fsp3) is 0.304. The first kappa shape index (κ1) is 21.2. The molecule has 2 N–H and O–H groups in total. The third-order valence-electron chi connectivity index (χ3n) is 4.94. The van der Waals surface area contributed by atoms with Gasteiger partial charge in [-0.3, -0.25) is 14.4 Å². The molecule has 0 atom stereocenters. The summed E-state index contributed by atoms with van der Waals surface area (Å²) in [5.74, 6) is -0.600. The van der Waals surface area contributed by atoms with Crippen LogP contribution < -0.4 is 16.2 Å². The smallest absolute Gasteiger partial charge is 0.276 e. The van der Waals surface area contributed by atoms with Gasteiger partial charge < -0.3 is 10.6 Å². The van der Waals surface area contributed by atoms with Crippen molar-refractivity contribution in [3.8, 4) is 0 Å². The van der Waals surface area contributed by atoms with Gasteiger partial charge in [0.05, 0.1) is 5.39 Å². The molecule has 0 saturated heterocycles. The highest BCUT2D eigenvalue weighted by Gasteiger charge is 2.17. The molecule has 0 unspecified atom stereocenters. The highest BCUT2D eigenvalue weighted by molar-refractivity contribution is 6.11. The molecule has 156 valence electrons. The molecule has 1 aromatic heterocycles. The van der Waals surface area contributed by atoms with E-state index in [9.17, 15) is 14.4 Å². The fourth-order valence-corrected chi connectivity index (χ4v) is 3.28. The van der Waals surface area contributed by atoms with E-state index in [-0.39, 0.29) is 17.2 Å². The first-order valence-electron chi connectivity index (χ1n) is 10.2. The van der Waals surface area contributed by atoms with Gasteiger partial charge in [0, 0.05) is 30.2 Å². The topological polar surface area (TPSA) is 93.1 Å². The van der Waals surface area contributed by atoms with Crippen LogP contribution in [-0.2, 0) is 6.54 Å². The Bertz CT molecular complexity index is 1100. The number of hydrogen-bond donors (Lipinski definition) is 2. The van der Waals surface area contributed by atoms with Gasteiger partial charge in [-0.25, -0.2) is 4.68 Å². The van der Waals surface area contributed by atoms with Crippen molar-refractivity contribution in [1.82, 2.24) is 15.1 Å². The zero-order valence-electron chi connectivity index (χ0n) is 17.3. The summed E-state index contributed by atoms with van der Waals surface area (Å²) >= 11 is 0. The van der Waals surface area contributed by atoms with E-state index in [1.807, 2.05) is 0 Å². The van der Waals surface area contributed by atoms with Crippen LogP contribution in [0, 0.1) is 0 Å². The molecule has 7 nitrogen and oxygen atoms in total. The van der Waals surface area contributed by atoms with Gasteiger partial charge in [-0.05, 0) is 36.8 Å². The lowest BCUT2D eigenvalue weighted by atomic mass is 10.1. The Morgan fingerprint density at radius 1 is 0.933 bits per heavy atom. The molecular weight excluding hydrogens is 380 g/mol. The van der Waals surface area contributed by atoms with Crippen LogP contribution in [0.15, 0.2) is 53.3 Å². The molecule has 3 rings (SSSR count). The summed E-state index contributed by atoms with van der Waals surface area (Å²) in [5, 5.41) is 10.7. The first-order valence-corrected chi connectivity index (χ1v) is 10.2. The molecule has 2 aromatic carbocycles. The average molecular weight is 406 g/mol. The van der Waals surface area contributed by atoms with Crippen molar-refractivity contribution >= 4 is 28.3 Å². The summed E-state index contributed by atoms with van der Waals surface area (Å²) in [7, 11) is 1.56. The Morgan fingerprint density at radius 3 is 2.30 bits per heavy atom. The number of carbonyl (C=O) groups is 2. The Kier molecular flexibility index (Phi) is 6.95. The minimum atomic E-state index is -0.402. The largest absolute Gasteiger partial charge is 0.355 e. The number of hydrogen-bond acceptors (Lipinski definition) is 4. The quantitative estimate of drug-likeness (QED) is 0.559. The van der Waals surface area contributed by atoms with E-state index in [0.717, 1.165) is 25.7 Å². The molecule has 1 heterocycles. The third-order valence-corrected chi connectivity index (χ3v) is 4.94. The zero-order chi connectivity index (χ0) is 21.5. The number of aromatic nitrogens is 2. The van der Waals surface area contributed by atoms with Crippen molar-refractivity contribution in [2.24, 2.45) is 0 Å². The number of rotatable bonds is 8. The Labute approximate surface area is 175 Å². The van der Waals surface area contributed by atoms with Crippen LogP contribution in [0.5, 0.6) is 0 Å². The van der Waals surface area contributed by atoms with Crippen LogP contribution in [0.4, 0.5) is 5.69 Å². The van der Waals surface area contributed by atoms with Crippen molar-refractivity contribution in [3.63, 3.8) is 0 Å². The molecule has 2 amide bonds. The molecule has 0 saturated carbocycles. The first-order chi connectivity index (χ1) is 14.5. The van der Waals surface area contributed by atoms with E-state index in [0.29, 0.717) is 28.6 Å². The summed E-state index contributed by atoms with van der Waals surface area (Å²) < 4.78 is 1.39. The highest BCUT2D eigenvalue weighted by atomic mass is 16.2. The Hall–Kier alpha value is -3.48. The van der Waals surface area contributed by atoms with Gasteiger partial charge in [-0.1, -0.05) is 44.4 Å². The number of amides is 2. The van der Waals surface area contributed by atoms with E-state index in [2.05, 4.69) is 22.7 Å². The lowest BCUT2D eigenvalue weighted by molar-refractivity contribution is 0.0962. The van der Waals surface area contributed by atoms with Gasteiger partial charge in [0.15, 0.2) is 5.69 Å². The van der Waals surface area contributed by atoms with Gasteiger partial charge >= 0.3 is 0 Å². The van der Waals surface area contributed by atoms with Crippen LogP contribution in [0.2, 0.25) is 0 Å². The average Bonchev–Trinajstić information content (AvgIpc) is 2.78. The lowest BCUT2D eigenvalue weighted by Crippen LogP contribution is -2.27. The maximum Gasteiger partial charge on any atom is 0.276 e. The zero-order valence-corrected chi connectivity index (χ0v) is 17.3. The van der Waals surface area contributed by atoms with Crippen LogP contribution in [0.1, 0.15) is 53.5 Å². The van der Waals surface area contributed by atoms with E-state index in [1.54, 1.807) is 55.6 Å². The maximum atomic E-state index is 13.0. The molecule has 0 aliphatic carbocycles.